The molecule has 32 heavy (non-hydrogen) atoms. The minimum absolute atomic E-state index is 0.0644. The van der Waals surface area contributed by atoms with E-state index in [1.807, 2.05) is 31.3 Å². The number of aromatic nitrogens is 3. The number of hydrogen-bond acceptors (Lipinski definition) is 5. The minimum Gasteiger partial charge on any atom is -0.493 e. The zero-order valence-electron chi connectivity index (χ0n) is 18.0. The van der Waals surface area contributed by atoms with Crippen molar-refractivity contribution in [2.24, 2.45) is 4.99 Å². The van der Waals surface area contributed by atoms with Gasteiger partial charge in [-0.15, -0.1) is 0 Å². The van der Waals surface area contributed by atoms with Gasteiger partial charge >= 0.3 is 6.61 Å². The van der Waals surface area contributed by atoms with E-state index in [2.05, 4.69) is 30.4 Å². The lowest BCUT2D eigenvalue weighted by molar-refractivity contribution is -0.0505. The smallest absolute Gasteiger partial charge is 0.387 e. The van der Waals surface area contributed by atoms with Crippen LogP contribution in [0.2, 0.25) is 0 Å². The van der Waals surface area contributed by atoms with E-state index < -0.39 is 6.61 Å². The molecule has 2 heterocycles. The first kappa shape index (κ1) is 23.0. The molecule has 10 heteroatoms. The Morgan fingerprint density at radius 2 is 2.00 bits per heavy atom. The number of rotatable bonds is 10. The summed E-state index contributed by atoms with van der Waals surface area (Å²) in [6, 6.07) is 10.5. The summed E-state index contributed by atoms with van der Waals surface area (Å²) in [5.41, 5.74) is 1.54. The third-order valence-corrected chi connectivity index (χ3v) is 4.41. The summed E-state index contributed by atoms with van der Waals surface area (Å²) in [6.45, 7) is 0.269. The van der Waals surface area contributed by atoms with Gasteiger partial charge in [0.1, 0.15) is 11.5 Å². The van der Waals surface area contributed by atoms with E-state index in [0.717, 1.165) is 12.0 Å². The molecule has 0 fully saturated rings. The van der Waals surface area contributed by atoms with Crippen LogP contribution < -0.4 is 20.1 Å². The fraction of sp³-hybridized carbons (Fsp3) is 0.318. The Bertz CT molecular complexity index is 1010. The number of nitrogens with zero attached hydrogens (tertiary/aromatic N) is 4. The van der Waals surface area contributed by atoms with Crippen LogP contribution in [0.5, 0.6) is 11.5 Å². The molecule has 0 unspecified atom stereocenters. The largest absolute Gasteiger partial charge is 0.493 e. The fourth-order valence-corrected chi connectivity index (χ4v) is 2.88. The SMILES string of the molecule is CCCOc1ccc(CNC(=NC)NCc2ccnc(-n3cccn3)c2)c(OC(F)F)c1. The molecule has 0 aliphatic carbocycles. The Balaban J connectivity index is 1.61. The Morgan fingerprint density at radius 3 is 2.72 bits per heavy atom. The number of pyridine rings is 1. The van der Waals surface area contributed by atoms with Crippen molar-refractivity contribution >= 4 is 5.96 Å². The molecule has 0 saturated heterocycles. The van der Waals surface area contributed by atoms with E-state index in [4.69, 9.17) is 4.74 Å². The molecule has 0 aliphatic rings. The number of alkyl halides is 2. The maximum atomic E-state index is 12.9. The molecule has 2 aromatic heterocycles. The number of aliphatic imine (C=N–C) groups is 1. The van der Waals surface area contributed by atoms with Gasteiger partial charge in [-0.25, -0.2) is 9.67 Å². The third-order valence-electron chi connectivity index (χ3n) is 4.41. The van der Waals surface area contributed by atoms with Crippen molar-refractivity contribution in [1.29, 1.82) is 0 Å². The van der Waals surface area contributed by atoms with Crippen molar-refractivity contribution in [3.63, 3.8) is 0 Å². The van der Waals surface area contributed by atoms with Gasteiger partial charge in [0.25, 0.3) is 0 Å². The predicted molar refractivity (Wildman–Crippen MR) is 117 cm³/mol. The molecular weight excluding hydrogens is 418 g/mol. The van der Waals surface area contributed by atoms with Crippen LogP contribution in [0, 0.1) is 0 Å². The van der Waals surface area contributed by atoms with Crippen LogP contribution in [0.4, 0.5) is 8.78 Å². The van der Waals surface area contributed by atoms with Crippen molar-refractivity contribution in [2.75, 3.05) is 13.7 Å². The quantitative estimate of drug-likeness (QED) is 0.368. The second kappa shape index (κ2) is 11.6. The molecule has 3 aromatic rings. The second-order valence-corrected chi connectivity index (χ2v) is 6.75. The number of benzene rings is 1. The van der Waals surface area contributed by atoms with Crippen LogP contribution >= 0.6 is 0 Å². The van der Waals surface area contributed by atoms with Crippen LogP contribution in [-0.2, 0) is 13.1 Å². The van der Waals surface area contributed by atoms with Gasteiger partial charge in [-0.1, -0.05) is 6.92 Å². The molecular formula is C22H26F2N6O2. The Morgan fingerprint density at radius 1 is 1.16 bits per heavy atom. The first-order valence-electron chi connectivity index (χ1n) is 10.2. The highest BCUT2D eigenvalue weighted by Crippen LogP contribution is 2.26. The summed E-state index contributed by atoms with van der Waals surface area (Å²) in [4.78, 5) is 8.49. The number of ether oxygens (including phenoxy) is 2. The van der Waals surface area contributed by atoms with Crippen LogP contribution in [0.15, 0.2) is 60.0 Å². The van der Waals surface area contributed by atoms with Gasteiger partial charge in [-0.3, -0.25) is 4.99 Å². The van der Waals surface area contributed by atoms with E-state index in [9.17, 15) is 8.78 Å². The second-order valence-electron chi connectivity index (χ2n) is 6.75. The molecule has 0 amide bonds. The highest BCUT2D eigenvalue weighted by molar-refractivity contribution is 5.79. The molecule has 3 rings (SSSR count). The lowest BCUT2D eigenvalue weighted by Crippen LogP contribution is -2.36. The molecule has 0 radical (unpaired) electrons. The highest BCUT2D eigenvalue weighted by atomic mass is 19.3. The number of halogens is 2. The van der Waals surface area contributed by atoms with E-state index in [1.54, 1.807) is 36.3 Å². The average molecular weight is 444 g/mol. The van der Waals surface area contributed by atoms with Gasteiger partial charge in [0.15, 0.2) is 11.8 Å². The third kappa shape index (κ3) is 6.66. The van der Waals surface area contributed by atoms with Gasteiger partial charge in [0.05, 0.1) is 6.61 Å². The highest BCUT2D eigenvalue weighted by Gasteiger charge is 2.12. The van der Waals surface area contributed by atoms with Gasteiger partial charge < -0.3 is 20.1 Å². The summed E-state index contributed by atoms with van der Waals surface area (Å²) < 4.78 is 37.6. The maximum absolute atomic E-state index is 12.9. The predicted octanol–water partition coefficient (Wildman–Crippen LogP) is 3.52. The summed E-state index contributed by atoms with van der Waals surface area (Å²) in [5, 5.41) is 10.5. The van der Waals surface area contributed by atoms with Crippen LogP contribution in [-0.4, -0.2) is 41.0 Å². The van der Waals surface area contributed by atoms with E-state index in [0.29, 0.717) is 36.2 Å². The van der Waals surface area contributed by atoms with Gasteiger partial charge in [-0.05, 0) is 42.3 Å². The minimum atomic E-state index is -2.93. The van der Waals surface area contributed by atoms with E-state index in [1.165, 1.54) is 6.07 Å². The van der Waals surface area contributed by atoms with E-state index >= 15 is 0 Å². The van der Waals surface area contributed by atoms with Crippen molar-refractivity contribution in [2.45, 2.75) is 33.0 Å². The molecule has 0 atom stereocenters. The van der Waals surface area contributed by atoms with Crippen molar-refractivity contribution in [3.8, 4) is 17.3 Å². The van der Waals surface area contributed by atoms with Crippen molar-refractivity contribution in [1.82, 2.24) is 25.4 Å². The van der Waals surface area contributed by atoms with Crippen LogP contribution in [0.3, 0.4) is 0 Å². The number of hydrogen-bond donors (Lipinski definition) is 2. The fourth-order valence-electron chi connectivity index (χ4n) is 2.88. The molecule has 8 nitrogen and oxygen atoms in total. The first-order chi connectivity index (χ1) is 15.6. The molecule has 1 aromatic carbocycles. The zero-order valence-corrected chi connectivity index (χ0v) is 18.0. The first-order valence-corrected chi connectivity index (χ1v) is 10.2. The van der Waals surface area contributed by atoms with Crippen molar-refractivity contribution in [3.05, 3.63) is 66.1 Å². The lowest BCUT2D eigenvalue weighted by Gasteiger charge is -2.16. The molecule has 0 aliphatic heterocycles. The molecule has 0 spiro atoms. The van der Waals surface area contributed by atoms with Crippen LogP contribution in [0.25, 0.3) is 5.82 Å². The zero-order chi connectivity index (χ0) is 22.8. The summed E-state index contributed by atoms with van der Waals surface area (Å²) >= 11 is 0. The average Bonchev–Trinajstić information content (AvgIpc) is 3.33. The standard InChI is InChI=1S/C22H26F2N6O2/c1-3-11-31-18-6-5-17(19(13-18)32-21(23)24)15-28-22(25-2)27-14-16-7-9-26-20(12-16)30-10-4-8-29-30/h4-10,12-13,21H,3,11,14-15H2,1-2H3,(H2,25,27,28). The number of guanidine groups is 1. The monoisotopic (exact) mass is 444 g/mol. The van der Waals surface area contributed by atoms with Crippen LogP contribution in [0.1, 0.15) is 24.5 Å². The number of nitrogens with one attached hydrogen (secondary N) is 2. The molecule has 170 valence electrons. The van der Waals surface area contributed by atoms with Gasteiger partial charge in [0, 0.05) is 50.4 Å². The van der Waals surface area contributed by atoms with Gasteiger partial charge in [-0.2, -0.15) is 13.9 Å². The van der Waals surface area contributed by atoms with E-state index in [-0.39, 0.29) is 12.3 Å². The Kier molecular flexibility index (Phi) is 8.36. The molecule has 2 N–H and O–H groups in total. The summed E-state index contributed by atoms with van der Waals surface area (Å²) in [7, 11) is 1.63. The topological polar surface area (TPSA) is 85.6 Å². The maximum Gasteiger partial charge on any atom is 0.387 e. The summed E-state index contributed by atoms with van der Waals surface area (Å²) in [6.07, 6.45) is 6.03. The van der Waals surface area contributed by atoms with Gasteiger partial charge in [0.2, 0.25) is 0 Å². The Hall–Kier alpha value is -3.69. The lowest BCUT2D eigenvalue weighted by atomic mass is 10.2. The molecule has 0 saturated carbocycles. The molecule has 0 bridgehead atoms. The Labute approximate surface area is 185 Å². The van der Waals surface area contributed by atoms with Crippen molar-refractivity contribution < 1.29 is 18.3 Å². The normalized spacial score (nSPS) is 11.5. The summed E-state index contributed by atoms with van der Waals surface area (Å²) in [5.74, 6) is 1.77.